The maximum Gasteiger partial charge on any atom is 0.0611 e. The lowest BCUT2D eigenvalue weighted by molar-refractivity contribution is 0.0918. The third-order valence-corrected chi connectivity index (χ3v) is 2.21. The van der Waals surface area contributed by atoms with Crippen molar-refractivity contribution in [3.05, 3.63) is 11.6 Å². The van der Waals surface area contributed by atoms with Crippen LogP contribution in [0.25, 0.3) is 0 Å². The number of hydrogen-bond acceptors (Lipinski definition) is 2. The van der Waals surface area contributed by atoms with Crippen LogP contribution >= 0.6 is 0 Å². The van der Waals surface area contributed by atoms with Crippen LogP contribution in [0.2, 0.25) is 0 Å². The van der Waals surface area contributed by atoms with Crippen LogP contribution in [0.15, 0.2) is 11.6 Å². The first kappa shape index (κ1) is 8.75. The summed E-state index contributed by atoms with van der Waals surface area (Å²) in [4.78, 5) is 0. The summed E-state index contributed by atoms with van der Waals surface area (Å²) < 4.78 is 5.29. The molecule has 0 saturated heterocycles. The lowest BCUT2D eigenvalue weighted by atomic mass is 9.95. The molecule has 0 heterocycles. The van der Waals surface area contributed by atoms with Crippen LogP contribution in [0.4, 0.5) is 0 Å². The first-order valence-electron chi connectivity index (χ1n) is 4.27. The molecule has 1 rings (SSSR count). The largest absolute Gasteiger partial charge is 0.381 e. The van der Waals surface area contributed by atoms with Gasteiger partial charge in [0.1, 0.15) is 0 Å². The molecule has 0 radical (unpaired) electrons. The zero-order valence-corrected chi connectivity index (χ0v) is 7.18. The third-order valence-electron chi connectivity index (χ3n) is 2.21. The fourth-order valence-corrected chi connectivity index (χ4v) is 1.54. The van der Waals surface area contributed by atoms with Crippen molar-refractivity contribution in [2.45, 2.75) is 31.8 Å². The van der Waals surface area contributed by atoms with Crippen molar-refractivity contribution in [2.24, 2.45) is 5.73 Å². The lowest BCUT2D eigenvalue weighted by Crippen LogP contribution is -2.16. The van der Waals surface area contributed by atoms with Crippen LogP contribution in [0, 0.1) is 0 Å². The minimum Gasteiger partial charge on any atom is -0.381 e. The Kier molecular flexibility index (Phi) is 3.60. The predicted molar refractivity (Wildman–Crippen MR) is 46.4 cm³/mol. The summed E-state index contributed by atoms with van der Waals surface area (Å²) in [5, 5.41) is 0. The van der Waals surface area contributed by atoms with Gasteiger partial charge in [-0.15, -0.1) is 0 Å². The minimum atomic E-state index is 0.446. The van der Waals surface area contributed by atoms with Crippen LogP contribution in [0.5, 0.6) is 0 Å². The van der Waals surface area contributed by atoms with Gasteiger partial charge >= 0.3 is 0 Å². The molecular formula is C9H17NO. The summed E-state index contributed by atoms with van der Waals surface area (Å²) in [6, 6.07) is 0. The van der Waals surface area contributed by atoms with Gasteiger partial charge in [-0.25, -0.2) is 0 Å². The Morgan fingerprint density at radius 3 is 3.18 bits per heavy atom. The molecule has 0 aliphatic heterocycles. The average molecular weight is 155 g/mol. The highest BCUT2D eigenvalue weighted by molar-refractivity contribution is 5.07. The molecule has 0 amide bonds. The van der Waals surface area contributed by atoms with E-state index in [1.807, 2.05) is 0 Å². The van der Waals surface area contributed by atoms with Gasteiger partial charge in [-0.05, 0) is 32.2 Å². The Balaban J connectivity index is 2.35. The van der Waals surface area contributed by atoms with Gasteiger partial charge < -0.3 is 10.5 Å². The maximum atomic E-state index is 5.46. The third kappa shape index (κ3) is 2.64. The molecule has 0 saturated carbocycles. The molecule has 11 heavy (non-hydrogen) atoms. The number of ether oxygens (including phenoxy) is 1. The monoisotopic (exact) mass is 155 g/mol. The molecule has 2 N–H and O–H groups in total. The Bertz CT molecular complexity index is 142. The van der Waals surface area contributed by atoms with Gasteiger partial charge in [0.2, 0.25) is 0 Å². The van der Waals surface area contributed by atoms with Crippen molar-refractivity contribution in [1.82, 2.24) is 0 Å². The second kappa shape index (κ2) is 4.52. The first-order valence-corrected chi connectivity index (χ1v) is 4.27. The number of allylic oxidation sites excluding steroid dienone is 1. The van der Waals surface area contributed by atoms with Crippen molar-refractivity contribution in [2.75, 3.05) is 13.7 Å². The summed E-state index contributed by atoms with van der Waals surface area (Å²) in [5.41, 5.74) is 6.94. The van der Waals surface area contributed by atoms with Crippen molar-refractivity contribution < 1.29 is 4.74 Å². The van der Waals surface area contributed by atoms with Gasteiger partial charge in [-0.1, -0.05) is 11.6 Å². The van der Waals surface area contributed by atoms with E-state index in [-0.39, 0.29) is 0 Å². The SMILES string of the molecule is COC1CCC=C(CCN)C1. The summed E-state index contributed by atoms with van der Waals surface area (Å²) in [7, 11) is 1.79. The Morgan fingerprint density at radius 2 is 2.55 bits per heavy atom. The van der Waals surface area contributed by atoms with Gasteiger partial charge in [0.15, 0.2) is 0 Å². The summed E-state index contributed by atoms with van der Waals surface area (Å²) >= 11 is 0. The van der Waals surface area contributed by atoms with E-state index in [0.717, 1.165) is 25.8 Å². The second-order valence-electron chi connectivity index (χ2n) is 3.04. The summed E-state index contributed by atoms with van der Waals surface area (Å²) in [6.45, 7) is 0.766. The normalized spacial score (nSPS) is 24.9. The van der Waals surface area contributed by atoms with Gasteiger partial charge in [0.25, 0.3) is 0 Å². The lowest BCUT2D eigenvalue weighted by Gasteiger charge is -2.20. The van der Waals surface area contributed by atoms with Gasteiger partial charge in [-0.3, -0.25) is 0 Å². The highest BCUT2D eigenvalue weighted by Crippen LogP contribution is 2.21. The van der Waals surface area contributed by atoms with Crippen molar-refractivity contribution in [1.29, 1.82) is 0 Å². The zero-order valence-electron chi connectivity index (χ0n) is 7.18. The standard InChI is InChI=1S/C9H17NO/c1-11-9-4-2-3-8(7-9)5-6-10/h3,9H,2,4-7,10H2,1H3. The maximum absolute atomic E-state index is 5.46. The molecule has 0 fully saturated rings. The topological polar surface area (TPSA) is 35.2 Å². The van der Waals surface area contributed by atoms with Crippen molar-refractivity contribution in [3.8, 4) is 0 Å². The van der Waals surface area contributed by atoms with E-state index in [1.54, 1.807) is 7.11 Å². The number of nitrogens with two attached hydrogens (primary N) is 1. The smallest absolute Gasteiger partial charge is 0.0611 e. The molecule has 64 valence electrons. The quantitative estimate of drug-likeness (QED) is 0.626. The molecule has 1 atom stereocenters. The zero-order chi connectivity index (χ0) is 8.10. The number of hydrogen-bond donors (Lipinski definition) is 1. The highest BCUT2D eigenvalue weighted by atomic mass is 16.5. The fraction of sp³-hybridized carbons (Fsp3) is 0.778. The molecule has 1 unspecified atom stereocenters. The molecule has 1 aliphatic carbocycles. The molecular weight excluding hydrogens is 138 g/mol. The van der Waals surface area contributed by atoms with Gasteiger partial charge in [0.05, 0.1) is 6.10 Å². The van der Waals surface area contributed by atoms with E-state index in [9.17, 15) is 0 Å². The molecule has 0 spiro atoms. The fourth-order valence-electron chi connectivity index (χ4n) is 1.54. The van der Waals surface area contributed by atoms with Crippen LogP contribution < -0.4 is 5.73 Å². The van der Waals surface area contributed by atoms with Gasteiger partial charge in [0, 0.05) is 7.11 Å². The molecule has 2 nitrogen and oxygen atoms in total. The Labute approximate surface area is 68.4 Å². The molecule has 1 aliphatic rings. The van der Waals surface area contributed by atoms with E-state index in [4.69, 9.17) is 10.5 Å². The Hall–Kier alpha value is -0.340. The molecule has 0 aromatic rings. The van der Waals surface area contributed by atoms with E-state index in [2.05, 4.69) is 6.08 Å². The van der Waals surface area contributed by atoms with E-state index >= 15 is 0 Å². The van der Waals surface area contributed by atoms with Gasteiger partial charge in [-0.2, -0.15) is 0 Å². The molecule has 2 heteroatoms. The summed E-state index contributed by atoms with van der Waals surface area (Å²) in [5.74, 6) is 0. The van der Waals surface area contributed by atoms with E-state index in [1.165, 1.54) is 12.0 Å². The highest BCUT2D eigenvalue weighted by Gasteiger charge is 2.13. The molecule has 0 aromatic heterocycles. The van der Waals surface area contributed by atoms with Crippen LogP contribution in [0.3, 0.4) is 0 Å². The van der Waals surface area contributed by atoms with Crippen LogP contribution in [-0.4, -0.2) is 19.8 Å². The molecule has 0 aromatic carbocycles. The predicted octanol–water partition coefficient (Wildman–Crippen LogP) is 1.46. The number of methoxy groups -OCH3 is 1. The molecule has 0 bridgehead atoms. The number of rotatable bonds is 3. The average Bonchev–Trinajstić information content (AvgIpc) is 2.06. The van der Waals surface area contributed by atoms with Crippen molar-refractivity contribution >= 4 is 0 Å². The summed E-state index contributed by atoms with van der Waals surface area (Å²) in [6.07, 6.45) is 7.22. The first-order chi connectivity index (χ1) is 5.36. The van der Waals surface area contributed by atoms with E-state index < -0.39 is 0 Å². The second-order valence-corrected chi connectivity index (χ2v) is 3.04. The Morgan fingerprint density at radius 1 is 1.73 bits per heavy atom. The minimum absolute atomic E-state index is 0.446. The van der Waals surface area contributed by atoms with Crippen LogP contribution in [0.1, 0.15) is 25.7 Å². The van der Waals surface area contributed by atoms with Crippen LogP contribution in [-0.2, 0) is 4.74 Å². The van der Waals surface area contributed by atoms with Crippen molar-refractivity contribution in [3.63, 3.8) is 0 Å². The van der Waals surface area contributed by atoms with E-state index in [0.29, 0.717) is 6.10 Å².